The fraction of sp³-hybridized carbons (Fsp3) is 0.333. The Morgan fingerprint density at radius 1 is 0.591 bits per heavy atom. The van der Waals surface area contributed by atoms with Crippen molar-refractivity contribution >= 4 is 23.8 Å². The molecule has 0 aliphatic carbocycles. The van der Waals surface area contributed by atoms with E-state index in [2.05, 4.69) is 73.9 Å². The zero-order chi connectivity index (χ0) is 15.6. The molecule has 0 aliphatic heterocycles. The second kappa shape index (κ2) is 7.99. The summed E-state index contributed by atoms with van der Waals surface area (Å²) < 4.78 is 7.40. The van der Waals surface area contributed by atoms with Crippen LogP contribution in [0.2, 0.25) is 0 Å². The number of anilines is 2. The van der Waals surface area contributed by atoms with Crippen LogP contribution in [0.1, 0.15) is 33.4 Å². The average Bonchev–Trinajstić information content (AvgIpc) is 2.34. The number of hydrogen-bond acceptors (Lipinski definition) is 2. The van der Waals surface area contributed by atoms with E-state index in [0.29, 0.717) is 0 Å². The Labute approximate surface area is 148 Å². The molecule has 2 N–H and O–H groups in total. The maximum Gasteiger partial charge on any atom is -0.147 e. The number of aryl methyl sites for hydroxylation is 6. The maximum absolute atomic E-state index is 3.70. The first kappa shape index (κ1) is 19.0. The summed E-state index contributed by atoms with van der Waals surface area (Å²) in [4.78, 5) is 0. The van der Waals surface area contributed by atoms with Crippen LogP contribution in [0.15, 0.2) is 24.3 Å². The van der Waals surface area contributed by atoms with Crippen LogP contribution in [0.4, 0.5) is 11.4 Å². The molecule has 0 spiro atoms. The van der Waals surface area contributed by atoms with Crippen molar-refractivity contribution in [3.63, 3.8) is 0 Å². The molecule has 2 nitrogen and oxygen atoms in total. The zero-order valence-electron chi connectivity index (χ0n) is 14.4. The molecule has 2 aromatic rings. The molecule has 0 saturated heterocycles. The molecule has 0 heterocycles. The minimum atomic E-state index is -1.06. The van der Waals surface area contributed by atoms with Gasteiger partial charge >= 0.3 is 136 Å². The third kappa shape index (κ3) is 4.47. The van der Waals surface area contributed by atoms with Gasteiger partial charge in [-0.1, -0.05) is 0 Å². The Bertz CT molecular complexity index is 565. The van der Waals surface area contributed by atoms with Gasteiger partial charge in [0.1, 0.15) is 0 Å². The Morgan fingerprint density at radius 3 is 1.14 bits per heavy atom. The van der Waals surface area contributed by atoms with Crippen molar-refractivity contribution in [1.82, 2.24) is 0 Å². The van der Waals surface area contributed by atoms with E-state index in [0.717, 1.165) is 0 Å². The van der Waals surface area contributed by atoms with Crippen LogP contribution in [0.25, 0.3) is 0 Å². The smallest absolute Gasteiger partial charge is 0.147 e. The van der Waals surface area contributed by atoms with Gasteiger partial charge in [-0.3, -0.25) is 0 Å². The monoisotopic (exact) mass is 368 g/mol. The quantitative estimate of drug-likeness (QED) is 0.705. The normalized spacial score (nSPS) is 9.73. The van der Waals surface area contributed by atoms with E-state index in [1.165, 1.54) is 44.8 Å². The van der Waals surface area contributed by atoms with E-state index in [4.69, 9.17) is 0 Å². The van der Waals surface area contributed by atoms with E-state index in [-0.39, 0.29) is 12.4 Å². The topological polar surface area (TPSA) is 24.1 Å². The van der Waals surface area contributed by atoms with Gasteiger partial charge in [-0.2, -0.15) is 0 Å². The molecule has 116 valence electrons. The van der Waals surface area contributed by atoms with E-state index >= 15 is 0 Å². The van der Waals surface area contributed by atoms with Gasteiger partial charge < -0.3 is 0 Å². The molecule has 0 bridgehead atoms. The van der Waals surface area contributed by atoms with Gasteiger partial charge in [0.05, 0.1) is 0 Å². The number of benzene rings is 2. The molecule has 0 atom stereocenters. The van der Waals surface area contributed by atoms with Gasteiger partial charge in [-0.05, 0) is 0 Å². The molecular weight excluding hydrogens is 345 g/mol. The molecule has 4 heteroatoms. The molecule has 0 radical (unpaired) electrons. The van der Waals surface area contributed by atoms with Crippen LogP contribution >= 0.6 is 12.4 Å². The Hall–Kier alpha value is -1.05. The summed E-state index contributed by atoms with van der Waals surface area (Å²) in [5.41, 5.74) is 10.7. The number of halogens is 1. The predicted octanol–water partition coefficient (Wildman–Crippen LogP) is 5.40. The summed E-state index contributed by atoms with van der Waals surface area (Å²) in [6.45, 7) is 13.1. The van der Waals surface area contributed by atoms with Crippen molar-refractivity contribution in [2.24, 2.45) is 0 Å². The third-order valence-electron chi connectivity index (χ3n) is 3.88. The van der Waals surface area contributed by atoms with Gasteiger partial charge in [0.25, 0.3) is 0 Å². The molecule has 0 saturated carbocycles. The van der Waals surface area contributed by atoms with Crippen LogP contribution in [-0.4, -0.2) is 0 Å². The maximum atomic E-state index is 3.70. The van der Waals surface area contributed by atoms with Gasteiger partial charge in [0, 0.05) is 0 Å². The minimum Gasteiger partial charge on any atom is -0.147 e. The summed E-state index contributed by atoms with van der Waals surface area (Å²) in [6, 6.07) is 9.00. The predicted molar refractivity (Wildman–Crippen MR) is 95.8 cm³/mol. The SMILES string of the molecule is Cc1cc(C)c([NH][Zn][NH]c2c(C)cc(C)cc2C)c(C)c1.Cl. The molecule has 2 aromatic carbocycles. The molecule has 0 unspecified atom stereocenters. The zero-order valence-corrected chi connectivity index (χ0v) is 18.2. The van der Waals surface area contributed by atoms with Gasteiger partial charge in [0.2, 0.25) is 0 Å². The number of hydrogen-bond donors (Lipinski definition) is 2. The fourth-order valence-electron chi connectivity index (χ4n) is 3.14. The molecule has 22 heavy (non-hydrogen) atoms. The number of nitrogens with one attached hydrogen (secondary N) is 2. The summed E-state index contributed by atoms with van der Waals surface area (Å²) in [5, 5.41) is 0. The number of rotatable bonds is 4. The summed E-state index contributed by atoms with van der Waals surface area (Å²) in [7, 11) is 0. The molecule has 0 aromatic heterocycles. The first-order valence-corrected chi connectivity index (χ1v) is 10.5. The van der Waals surface area contributed by atoms with Crippen LogP contribution in [-0.2, 0) is 17.6 Å². The Balaban J connectivity index is 0.00000242. The van der Waals surface area contributed by atoms with Crippen LogP contribution in [0, 0.1) is 41.5 Å². The summed E-state index contributed by atoms with van der Waals surface area (Å²) in [6.07, 6.45) is 0. The first-order valence-electron chi connectivity index (χ1n) is 7.52. The van der Waals surface area contributed by atoms with Crippen molar-refractivity contribution in [1.29, 1.82) is 0 Å². The Morgan fingerprint density at radius 2 is 0.864 bits per heavy atom. The average molecular weight is 370 g/mol. The van der Waals surface area contributed by atoms with E-state index in [9.17, 15) is 0 Å². The van der Waals surface area contributed by atoms with Crippen molar-refractivity contribution in [2.75, 3.05) is 8.12 Å². The molecule has 0 aliphatic rings. The molecule has 0 amide bonds. The second-order valence-electron chi connectivity index (χ2n) is 6.08. The Kier molecular flexibility index (Phi) is 6.90. The molecule has 0 fully saturated rings. The van der Waals surface area contributed by atoms with Crippen LogP contribution in [0.5, 0.6) is 0 Å². The van der Waals surface area contributed by atoms with Gasteiger partial charge in [-0.15, -0.1) is 12.4 Å². The summed E-state index contributed by atoms with van der Waals surface area (Å²) in [5.74, 6) is 0. The minimum absolute atomic E-state index is 0. The fourth-order valence-corrected chi connectivity index (χ4v) is 6.41. The standard InChI is InChI=1S/2C9H12N.ClH.Zn/c2*1-6-4-7(2)9(10)8(3)5-6;;/h2*4-5,10H,1-3H3;1H;/q2*-1;;+2. The van der Waals surface area contributed by atoms with E-state index < -0.39 is 17.6 Å². The van der Waals surface area contributed by atoms with Gasteiger partial charge in [0.15, 0.2) is 0 Å². The van der Waals surface area contributed by atoms with Crippen molar-refractivity contribution in [3.05, 3.63) is 57.6 Å². The van der Waals surface area contributed by atoms with Crippen LogP contribution in [0.3, 0.4) is 0 Å². The molecular formula is C18H25ClN2Zn. The first-order chi connectivity index (χ1) is 9.88. The van der Waals surface area contributed by atoms with Crippen molar-refractivity contribution in [2.45, 2.75) is 41.5 Å². The van der Waals surface area contributed by atoms with Crippen molar-refractivity contribution < 1.29 is 17.6 Å². The second-order valence-corrected chi connectivity index (χ2v) is 8.30. The van der Waals surface area contributed by atoms with Crippen LogP contribution < -0.4 is 8.12 Å². The van der Waals surface area contributed by atoms with E-state index in [1.807, 2.05) is 0 Å². The largest absolute Gasteiger partial charge is 0.147 e. The molecule has 2 rings (SSSR count). The summed E-state index contributed by atoms with van der Waals surface area (Å²) >= 11 is -1.06. The van der Waals surface area contributed by atoms with Gasteiger partial charge in [-0.25, -0.2) is 0 Å². The van der Waals surface area contributed by atoms with Crippen molar-refractivity contribution in [3.8, 4) is 0 Å². The van der Waals surface area contributed by atoms with E-state index in [1.54, 1.807) is 0 Å². The third-order valence-corrected chi connectivity index (χ3v) is 6.11.